The first-order valence-electron chi connectivity index (χ1n) is 6.92. The molecule has 0 aliphatic heterocycles. The second-order valence-electron chi connectivity index (χ2n) is 4.32. The van der Waals surface area contributed by atoms with Gasteiger partial charge in [0.1, 0.15) is 0 Å². The predicted molar refractivity (Wildman–Crippen MR) is 85.2 cm³/mol. The Morgan fingerprint density at radius 3 is 1.10 bits per heavy atom. The largest absolute Gasteiger partial charge is 0.396 e. The van der Waals surface area contributed by atoms with Crippen LogP contribution < -0.4 is 0 Å². The number of hydrogen-bond donors (Lipinski definition) is 4. The van der Waals surface area contributed by atoms with E-state index in [9.17, 15) is 9.13 Å². The van der Waals surface area contributed by atoms with Gasteiger partial charge in [0.2, 0.25) is 0 Å². The molecule has 0 aromatic heterocycles. The third-order valence-corrected chi connectivity index (χ3v) is 6.48. The molecule has 0 aliphatic carbocycles. The van der Waals surface area contributed by atoms with Crippen molar-refractivity contribution >= 4 is 14.7 Å². The van der Waals surface area contributed by atoms with Crippen LogP contribution in [0.3, 0.4) is 0 Å². The lowest BCUT2D eigenvalue weighted by Gasteiger charge is -2.01. The van der Waals surface area contributed by atoms with Gasteiger partial charge in [0.15, 0.2) is 14.7 Å². The summed E-state index contributed by atoms with van der Waals surface area (Å²) >= 11 is 0. The van der Waals surface area contributed by atoms with Gasteiger partial charge in [0, 0.05) is 31.3 Å². The molecular weight excluding hydrogens is 302 g/mol. The van der Waals surface area contributed by atoms with Gasteiger partial charge in [-0.25, -0.2) is 0 Å². The van der Waals surface area contributed by atoms with E-state index in [1.54, 1.807) is 34.6 Å². The molecule has 0 aromatic rings. The van der Waals surface area contributed by atoms with Gasteiger partial charge in [-0.1, -0.05) is 27.7 Å². The Balaban J connectivity index is -0.000000218. The van der Waals surface area contributed by atoms with Gasteiger partial charge in [0.05, 0.1) is 6.10 Å². The van der Waals surface area contributed by atoms with Crippen LogP contribution >= 0.6 is 14.7 Å². The molecule has 1 atom stereocenters. The van der Waals surface area contributed by atoms with Crippen LogP contribution in [0.4, 0.5) is 0 Å². The highest BCUT2D eigenvalue weighted by Gasteiger charge is 2.09. The Morgan fingerprint density at radius 1 is 0.850 bits per heavy atom. The first kappa shape index (κ1) is 25.3. The van der Waals surface area contributed by atoms with Crippen molar-refractivity contribution in [3.8, 4) is 0 Å². The molecule has 0 bridgehead atoms. The molecule has 0 amide bonds. The molecule has 6 nitrogen and oxygen atoms in total. The van der Waals surface area contributed by atoms with E-state index in [-0.39, 0.29) is 12.7 Å². The topological polar surface area (TPSA) is 115 Å². The van der Waals surface area contributed by atoms with Crippen molar-refractivity contribution < 1.29 is 29.1 Å². The molecule has 126 valence electrons. The van der Waals surface area contributed by atoms with Crippen molar-refractivity contribution in [1.82, 2.24) is 0 Å². The number of aliphatic hydroxyl groups excluding tert-OH is 2. The van der Waals surface area contributed by atoms with E-state index in [0.29, 0.717) is 31.1 Å². The fraction of sp³-hybridized carbons (Fsp3) is 1.00. The van der Waals surface area contributed by atoms with Gasteiger partial charge in [-0.15, -0.1) is 0 Å². The molecule has 0 heterocycles. The molecule has 0 aliphatic rings. The summed E-state index contributed by atoms with van der Waals surface area (Å²) in [6, 6.07) is 0. The molecule has 0 spiro atoms. The van der Waals surface area contributed by atoms with Crippen LogP contribution in [0.25, 0.3) is 0 Å². The molecule has 0 rings (SSSR count). The van der Waals surface area contributed by atoms with Crippen molar-refractivity contribution in [3.05, 3.63) is 0 Å². The Hall–Kier alpha value is 0.300. The Morgan fingerprint density at radius 2 is 1.10 bits per heavy atom. The molecule has 20 heavy (non-hydrogen) atoms. The first-order chi connectivity index (χ1) is 9.01. The summed E-state index contributed by atoms with van der Waals surface area (Å²) in [5.74, 6) is 0. The molecule has 0 fully saturated rings. The van der Waals surface area contributed by atoms with E-state index in [2.05, 4.69) is 0 Å². The second-order valence-corrected chi connectivity index (χ2v) is 10.2. The summed E-state index contributed by atoms with van der Waals surface area (Å²) in [5.41, 5.74) is 0. The van der Waals surface area contributed by atoms with Crippen molar-refractivity contribution in [2.75, 3.05) is 31.3 Å². The number of aliphatic hydroxyl groups is 2. The highest BCUT2D eigenvalue weighted by molar-refractivity contribution is 7.58. The van der Waals surface area contributed by atoms with Crippen LogP contribution in [-0.4, -0.2) is 57.4 Å². The van der Waals surface area contributed by atoms with E-state index in [4.69, 9.17) is 20.0 Å². The summed E-state index contributed by atoms with van der Waals surface area (Å²) in [6.07, 6.45) is 1.76. The smallest absolute Gasteiger partial charge is 0.200 e. The molecule has 1 unspecified atom stereocenters. The number of rotatable bonds is 6. The molecule has 8 heteroatoms. The fourth-order valence-electron chi connectivity index (χ4n) is 0.634. The van der Waals surface area contributed by atoms with Gasteiger partial charge in [-0.2, -0.15) is 0 Å². The molecular formula is C12H32O6P2. The summed E-state index contributed by atoms with van der Waals surface area (Å²) in [5, 5.41) is 16.5. The van der Waals surface area contributed by atoms with Crippen LogP contribution in [-0.2, 0) is 9.13 Å². The van der Waals surface area contributed by atoms with Crippen LogP contribution in [0, 0.1) is 0 Å². The minimum Gasteiger partial charge on any atom is -0.396 e. The van der Waals surface area contributed by atoms with E-state index in [1.165, 1.54) is 0 Å². The zero-order valence-corrected chi connectivity index (χ0v) is 15.1. The van der Waals surface area contributed by atoms with Gasteiger partial charge >= 0.3 is 0 Å². The van der Waals surface area contributed by atoms with Gasteiger partial charge in [-0.3, -0.25) is 9.13 Å². The van der Waals surface area contributed by atoms with Crippen molar-refractivity contribution in [2.24, 2.45) is 0 Å². The zero-order valence-electron chi connectivity index (χ0n) is 13.3. The normalized spacial score (nSPS) is 12.7. The molecule has 0 saturated carbocycles. The second kappa shape index (κ2) is 14.2. The third-order valence-electron chi connectivity index (χ3n) is 2.52. The SMILES string of the molecule is CC(O)CCO.CCP(=O)(O)CC.CCP(=O)(O)CC. The molecule has 0 aromatic carbocycles. The maximum atomic E-state index is 10.5. The standard InChI is InChI=1S/2C4H11O2P.C4H10O2/c2*1-3-7(5,6)4-2;1-4(6)2-3-5/h2*3-4H2,1-2H3,(H,5,6);4-6H,2-3H2,1H3. The highest BCUT2D eigenvalue weighted by Crippen LogP contribution is 2.38. The van der Waals surface area contributed by atoms with Gasteiger partial charge < -0.3 is 20.0 Å². The molecule has 0 radical (unpaired) electrons. The fourth-order valence-corrected chi connectivity index (χ4v) is 1.53. The Kier molecular flexibility index (Phi) is 18.0. The average Bonchev–Trinajstić information content (AvgIpc) is 2.40. The lowest BCUT2D eigenvalue weighted by molar-refractivity contribution is 0.148. The van der Waals surface area contributed by atoms with Crippen LogP contribution in [0.15, 0.2) is 0 Å². The minimum absolute atomic E-state index is 0.0810. The van der Waals surface area contributed by atoms with E-state index in [0.717, 1.165) is 0 Å². The molecule has 0 saturated heterocycles. The van der Waals surface area contributed by atoms with Crippen LogP contribution in [0.1, 0.15) is 41.0 Å². The van der Waals surface area contributed by atoms with E-state index < -0.39 is 14.7 Å². The first-order valence-corrected chi connectivity index (χ1v) is 11.0. The van der Waals surface area contributed by atoms with E-state index in [1.807, 2.05) is 0 Å². The lowest BCUT2D eigenvalue weighted by Crippen LogP contribution is -2.00. The van der Waals surface area contributed by atoms with Gasteiger partial charge in [0.25, 0.3) is 0 Å². The van der Waals surface area contributed by atoms with E-state index >= 15 is 0 Å². The lowest BCUT2D eigenvalue weighted by atomic mass is 10.3. The Bertz CT molecular complexity index is 254. The highest BCUT2D eigenvalue weighted by atomic mass is 31.2. The maximum absolute atomic E-state index is 10.5. The van der Waals surface area contributed by atoms with Crippen molar-refractivity contribution in [2.45, 2.75) is 47.1 Å². The van der Waals surface area contributed by atoms with Crippen LogP contribution in [0.5, 0.6) is 0 Å². The summed E-state index contributed by atoms with van der Waals surface area (Å²) in [7, 11) is -5.31. The maximum Gasteiger partial charge on any atom is 0.200 e. The monoisotopic (exact) mass is 334 g/mol. The third kappa shape index (κ3) is 23.4. The van der Waals surface area contributed by atoms with Crippen molar-refractivity contribution in [1.29, 1.82) is 0 Å². The quantitative estimate of drug-likeness (QED) is 0.554. The van der Waals surface area contributed by atoms with Gasteiger partial charge in [-0.05, 0) is 13.3 Å². The van der Waals surface area contributed by atoms with Crippen molar-refractivity contribution in [3.63, 3.8) is 0 Å². The minimum atomic E-state index is -2.65. The predicted octanol–water partition coefficient (Wildman–Crippen LogP) is 2.34. The van der Waals surface area contributed by atoms with Crippen LogP contribution in [0.2, 0.25) is 0 Å². The summed E-state index contributed by atoms with van der Waals surface area (Å²) in [4.78, 5) is 17.4. The molecule has 4 N–H and O–H groups in total. The number of hydrogen-bond acceptors (Lipinski definition) is 4. The summed E-state index contributed by atoms with van der Waals surface area (Å²) in [6.45, 7) is 8.64. The zero-order chi connectivity index (χ0) is 16.8. The summed E-state index contributed by atoms with van der Waals surface area (Å²) < 4.78 is 21.0. The average molecular weight is 334 g/mol. The Labute approximate surface area is 123 Å².